The van der Waals surface area contributed by atoms with Gasteiger partial charge in [0.1, 0.15) is 12.4 Å². The van der Waals surface area contributed by atoms with Gasteiger partial charge in [-0.05, 0) is 36.9 Å². The Morgan fingerprint density at radius 2 is 2.27 bits per heavy atom. The summed E-state index contributed by atoms with van der Waals surface area (Å²) in [4.78, 5) is 5.83. The van der Waals surface area contributed by atoms with Gasteiger partial charge in [-0.2, -0.15) is 0 Å². The maximum Gasteiger partial charge on any atom is 0.191 e. The first-order valence-corrected chi connectivity index (χ1v) is 8.41. The molecular weight excluding hydrogens is 298 g/mol. The molecule has 0 bridgehead atoms. The van der Waals surface area contributed by atoms with Crippen molar-refractivity contribution in [1.29, 1.82) is 0 Å². The normalized spacial score (nSPS) is 11.6. The number of nitrogens with one attached hydrogen (secondary N) is 2. The summed E-state index contributed by atoms with van der Waals surface area (Å²) < 4.78 is 10.8. The fourth-order valence-corrected chi connectivity index (χ4v) is 2.48. The zero-order chi connectivity index (χ0) is 15.5. The van der Waals surface area contributed by atoms with Gasteiger partial charge in [-0.25, -0.2) is 4.99 Å². The predicted octanol–water partition coefficient (Wildman–Crippen LogP) is 3.00. The van der Waals surface area contributed by atoms with Crippen molar-refractivity contribution in [3.8, 4) is 0 Å². The molecule has 0 amide bonds. The molecule has 2 aromatic heterocycles. The van der Waals surface area contributed by atoms with Crippen molar-refractivity contribution in [2.75, 3.05) is 19.7 Å². The summed E-state index contributed by atoms with van der Waals surface area (Å²) in [5.74, 6) is 1.71. The largest absolute Gasteiger partial charge is 0.467 e. The quantitative estimate of drug-likeness (QED) is 0.423. The highest BCUT2D eigenvalue weighted by Gasteiger charge is 1.99. The summed E-state index contributed by atoms with van der Waals surface area (Å²) in [7, 11) is 0. The van der Waals surface area contributed by atoms with E-state index < -0.39 is 0 Å². The van der Waals surface area contributed by atoms with E-state index in [-0.39, 0.29) is 0 Å². The minimum absolute atomic E-state index is 0.527. The van der Waals surface area contributed by atoms with Crippen molar-refractivity contribution in [1.82, 2.24) is 10.6 Å². The molecule has 2 N–H and O–H groups in total. The van der Waals surface area contributed by atoms with Crippen molar-refractivity contribution in [2.45, 2.75) is 26.5 Å². The molecule has 0 saturated carbocycles. The van der Waals surface area contributed by atoms with Crippen molar-refractivity contribution in [3.63, 3.8) is 0 Å². The van der Waals surface area contributed by atoms with Gasteiger partial charge in [0, 0.05) is 24.6 Å². The van der Waals surface area contributed by atoms with Crippen LogP contribution in [0.2, 0.25) is 0 Å². The van der Waals surface area contributed by atoms with Crippen LogP contribution in [0.25, 0.3) is 0 Å². The first-order valence-electron chi connectivity index (χ1n) is 7.53. The summed E-state index contributed by atoms with van der Waals surface area (Å²) in [6, 6.07) is 7.93. The summed E-state index contributed by atoms with van der Waals surface area (Å²) in [6.45, 7) is 5.67. The summed E-state index contributed by atoms with van der Waals surface area (Å²) in [5, 5.41) is 8.63. The van der Waals surface area contributed by atoms with Gasteiger partial charge in [-0.15, -0.1) is 11.3 Å². The minimum Gasteiger partial charge on any atom is -0.467 e. The lowest BCUT2D eigenvalue weighted by atomic mass is 10.4. The Hall–Kier alpha value is -1.79. The second-order valence-corrected chi connectivity index (χ2v) is 5.72. The molecule has 0 radical (unpaired) electrons. The summed E-state index contributed by atoms with van der Waals surface area (Å²) >= 11 is 1.73. The third-order valence-electron chi connectivity index (χ3n) is 2.90. The molecule has 22 heavy (non-hydrogen) atoms. The number of rotatable bonds is 9. The summed E-state index contributed by atoms with van der Waals surface area (Å²) in [5.41, 5.74) is 0. The van der Waals surface area contributed by atoms with E-state index in [1.165, 1.54) is 4.88 Å². The highest BCUT2D eigenvalue weighted by atomic mass is 32.1. The highest BCUT2D eigenvalue weighted by Crippen LogP contribution is 2.09. The van der Waals surface area contributed by atoms with E-state index in [1.807, 2.05) is 18.2 Å². The molecule has 5 nitrogen and oxygen atoms in total. The van der Waals surface area contributed by atoms with Crippen LogP contribution in [-0.4, -0.2) is 25.7 Å². The topological polar surface area (TPSA) is 58.8 Å². The number of hydrogen-bond donors (Lipinski definition) is 2. The van der Waals surface area contributed by atoms with Crippen LogP contribution in [-0.2, 0) is 17.9 Å². The van der Waals surface area contributed by atoms with Gasteiger partial charge in [0.15, 0.2) is 5.96 Å². The second kappa shape index (κ2) is 10.0. The molecule has 0 aliphatic carbocycles. The van der Waals surface area contributed by atoms with E-state index in [0.717, 1.165) is 31.2 Å². The van der Waals surface area contributed by atoms with Gasteiger partial charge >= 0.3 is 0 Å². The van der Waals surface area contributed by atoms with E-state index in [9.17, 15) is 0 Å². The first kappa shape index (κ1) is 16.6. The third kappa shape index (κ3) is 6.32. The molecule has 0 aliphatic rings. The maximum absolute atomic E-state index is 5.55. The molecule has 0 fully saturated rings. The molecule has 0 atom stereocenters. The lowest BCUT2D eigenvalue weighted by Crippen LogP contribution is -2.38. The van der Waals surface area contributed by atoms with E-state index in [4.69, 9.17) is 9.15 Å². The van der Waals surface area contributed by atoms with Crippen molar-refractivity contribution in [3.05, 3.63) is 46.5 Å². The molecule has 2 aromatic rings. The molecule has 0 spiro atoms. The Morgan fingerprint density at radius 3 is 3.00 bits per heavy atom. The van der Waals surface area contributed by atoms with Crippen molar-refractivity contribution >= 4 is 17.3 Å². The van der Waals surface area contributed by atoms with Crippen LogP contribution in [0.15, 0.2) is 45.3 Å². The minimum atomic E-state index is 0.527. The van der Waals surface area contributed by atoms with Gasteiger partial charge in [-0.1, -0.05) is 6.07 Å². The number of thiophene rings is 1. The lowest BCUT2D eigenvalue weighted by molar-refractivity contribution is 0.105. The average Bonchev–Trinajstić information content (AvgIpc) is 3.21. The Balaban J connectivity index is 1.60. The molecule has 2 heterocycles. The molecule has 2 rings (SSSR count). The smallest absolute Gasteiger partial charge is 0.191 e. The zero-order valence-electron chi connectivity index (χ0n) is 12.9. The van der Waals surface area contributed by atoms with E-state index in [1.54, 1.807) is 17.6 Å². The van der Waals surface area contributed by atoms with Crippen molar-refractivity contribution in [2.24, 2.45) is 4.99 Å². The number of guanidine groups is 1. The monoisotopic (exact) mass is 321 g/mol. The standard InChI is InChI=1S/C16H23N3O2S/c1-2-17-16(19-12-15-7-4-11-22-15)18-8-5-9-20-13-14-6-3-10-21-14/h3-4,6-7,10-11H,2,5,8-9,12-13H2,1H3,(H2,17,18,19). The van der Waals surface area contributed by atoms with E-state index >= 15 is 0 Å². The van der Waals surface area contributed by atoms with Gasteiger partial charge in [0.2, 0.25) is 0 Å². The van der Waals surface area contributed by atoms with Crippen molar-refractivity contribution < 1.29 is 9.15 Å². The average molecular weight is 321 g/mol. The Bertz CT molecular complexity index is 524. The third-order valence-corrected chi connectivity index (χ3v) is 3.76. The summed E-state index contributed by atoms with van der Waals surface area (Å²) in [6.07, 6.45) is 2.58. The SMILES string of the molecule is CCNC(=NCc1cccs1)NCCCOCc1ccco1. The number of hydrogen-bond acceptors (Lipinski definition) is 4. The Labute approximate surface area is 135 Å². The van der Waals surface area contributed by atoms with Crippen LogP contribution in [0.5, 0.6) is 0 Å². The van der Waals surface area contributed by atoms with Crippen LogP contribution < -0.4 is 10.6 Å². The molecule has 0 saturated heterocycles. The highest BCUT2D eigenvalue weighted by molar-refractivity contribution is 7.09. The van der Waals surface area contributed by atoms with Gasteiger partial charge in [-0.3, -0.25) is 0 Å². The van der Waals surface area contributed by atoms with Gasteiger partial charge in [0.25, 0.3) is 0 Å². The molecule has 120 valence electrons. The van der Waals surface area contributed by atoms with Crippen LogP contribution in [0.3, 0.4) is 0 Å². The second-order valence-electron chi connectivity index (χ2n) is 4.69. The first-order chi connectivity index (χ1) is 10.9. The van der Waals surface area contributed by atoms with Crippen LogP contribution in [0, 0.1) is 0 Å². The molecular formula is C16H23N3O2S. The molecule has 0 unspecified atom stereocenters. The van der Waals surface area contributed by atoms with E-state index in [2.05, 4.69) is 34.0 Å². The van der Waals surface area contributed by atoms with Crippen LogP contribution >= 0.6 is 11.3 Å². The zero-order valence-corrected chi connectivity index (χ0v) is 13.7. The number of aliphatic imine (C=N–C) groups is 1. The predicted molar refractivity (Wildman–Crippen MR) is 90.1 cm³/mol. The Morgan fingerprint density at radius 1 is 1.32 bits per heavy atom. The Kier molecular flexibility index (Phi) is 7.55. The molecule has 0 aliphatic heterocycles. The van der Waals surface area contributed by atoms with Crippen LogP contribution in [0.4, 0.5) is 0 Å². The molecule has 0 aromatic carbocycles. The van der Waals surface area contributed by atoms with Gasteiger partial charge in [0.05, 0.1) is 12.8 Å². The van der Waals surface area contributed by atoms with Crippen LogP contribution in [0.1, 0.15) is 24.0 Å². The number of furan rings is 1. The molecule has 6 heteroatoms. The van der Waals surface area contributed by atoms with Gasteiger partial charge < -0.3 is 19.8 Å². The fourth-order valence-electron chi connectivity index (χ4n) is 1.85. The number of nitrogens with zero attached hydrogens (tertiary/aromatic N) is 1. The lowest BCUT2D eigenvalue weighted by Gasteiger charge is -2.11. The number of ether oxygens (including phenoxy) is 1. The van der Waals surface area contributed by atoms with E-state index in [0.29, 0.717) is 19.8 Å². The fraction of sp³-hybridized carbons (Fsp3) is 0.438. The maximum atomic E-state index is 5.55.